The quantitative estimate of drug-likeness (QED) is 0.423. The molecule has 11 heteroatoms. The number of carbonyl (C=O) groups is 2. The van der Waals surface area contributed by atoms with Gasteiger partial charge >= 0.3 is 12.1 Å². The molecule has 2 amide bonds. The Hall–Kier alpha value is -3.44. The molecule has 3 rings (SSSR count). The predicted octanol–water partition coefficient (Wildman–Crippen LogP) is 3.86. The van der Waals surface area contributed by atoms with Crippen molar-refractivity contribution in [2.75, 3.05) is 13.1 Å². The van der Waals surface area contributed by atoms with Gasteiger partial charge in [0.2, 0.25) is 5.91 Å². The zero-order valence-corrected chi connectivity index (χ0v) is 22.2. The highest BCUT2D eigenvalue weighted by Gasteiger charge is 2.43. The Morgan fingerprint density at radius 3 is 2.11 bits per heavy atom. The number of hydrogen-bond donors (Lipinski definition) is 2. The van der Waals surface area contributed by atoms with E-state index in [1.807, 2.05) is 20.8 Å². The van der Waals surface area contributed by atoms with Gasteiger partial charge in [-0.15, -0.1) is 0 Å². The summed E-state index contributed by atoms with van der Waals surface area (Å²) in [5.41, 5.74) is 13.0. The van der Waals surface area contributed by atoms with Crippen LogP contribution in [0.4, 0.5) is 13.2 Å². The van der Waals surface area contributed by atoms with E-state index in [4.69, 9.17) is 11.5 Å². The van der Waals surface area contributed by atoms with Gasteiger partial charge in [-0.25, -0.2) is 0 Å². The summed E-state index contributed by atoms with van der Waals surface area (Å²) in [5.74, 6) is -4.16. The normalized spacial score (nSPS) is 13.7. The monoisotopic (exact) mass is 548 g/mol. The fourth-order valence-electron chi connectivity index (χ4n) is 4.09. The van der Waals surface area contributed by atoms with Gasteiger partial charge in [-0.05, 0) is 43.9 Å². The second-order valence-corrected chi connectivity index (χ2v) is 11.1. The fraction of sp³-hybridized carbons (Fsp3) is 0.370. The predicted molar refractivity (Wildman–Crippen MR) is 142 cm³/mol. The Morgan fingerprint density at radius 1 is 1.00 bits per heavy atom. The average molecular weight is 549 g/mol. The maximum atomic E-state index is 13.4. The standard InChI is InChI=1S/C27H31F3N4O3S/c1-26(2,3)34-23(35)14-22(38-34)19-11-9-18(10-12-19)21(24(32)36)16-33(25(37)27(28,29)30)15-20(31)13-17-7-5-4-6-8-17/h4-12,14,20-21H,13,15-16,31H2,1-3H3,(H2,32,36)/t20-,21-/m0/s1. The zero-order chi connectivity index (χ0) is 28.3. The average Bonchev–Trinajstić information content (AvgIpc) is 3.23. The van der Waals surface area contributed by atoms with Crippen molar-refractivity contribution in [1.82, 2.24) is 8.86 Å². The third-order valence-corrected chi connectivity index (χ3v) is 7.38. The molecule has 0 saturated carbocycles. The number of nitrogens with two attached hydrogens (primary N) is 2. The minimum Gasteiger partial charge on any atom is -0.369 e. The Morgan fingerprint density at radius 2 is 1.61 bits per heavy atom. The summed E-state index contributed by atoms with van der Waals surface area (Å²) < 4.78 is 41.9. The lowest BCUT2D eigenvalue weighted by atomic mass is 9.95. The number of primary amides is 1. The van der Waals surface area contributed by atoms with Gasteiger partial charge in [-0.1, -0.05) is 66.1 Å². The molecule has 0 spiro atoms. The molecule has 0 fully saturated rings. The maximum absolute atomic E-state index is 13.4. The highest BCUT2D eigenvalue weighted by atomic mass is 32.1. The van der Waals surface area contributed by atoms with E-state index in [1.54, 1.807) is 58.6 Å². The molecular weight excluding hydrogens is 517 g/mol. The molecule has 1 aromatic heterocycles. The molecule has 0 bridgehead atoms. The summed E-state index contributed by atoms with van der Waals surface area (Å²) >= 11 is 1.29. The van der Waals surface area contributed by atoms with E-state index < -0.39 is 48.6 Å². The molecule has 0 aliphatic carbocycles. The lowest BCUT2D eigenvalue weighted by molar-refractivity contribution is -0.186. The van der Waals surface area contributed by atoms with Crippen molar-refractivity contribution in [3.05, 3.63) is 82.1 Å². The van der Waals surface area contributed by atoms with E-state index in [2.05, 4.69) is 0 Å². The Kier molecular flexibility index (Phi) is 8.83. The molecule has 2 atom stereocenters. The molecule has 0 saturated heterocycles. The van der Waals surface area contributed by atoms with Crippen LogP contribution in [0, 0.1) is 0 Å². The van der Waals surface area contributed by atoms with Crippen LogP contribution in [-0.2, 0) is 21.5 Å². The summed E-state index contributed by atoms with van der Waals surface area (Å²) in [6.45, 7) is 4.74. The SMILES string of the molecule is CC(C)(C)n1sc(-c2ccc([C@H](CN(C[C@@H](N)Cc3ccccc3)C(=O)C(F)(F)F)C(N)=O)cc2)cc1=O. The van der Waals surface area contributed by atoms with Crippen molar-refractivity contribution >= 4 is 23.3 Å². The molecule has 0 radical (unpaired) electrons. The Labute approximate surface area is 223 Å². The van der Waals surface area contributed by atoms with Crippen LogP contribution in [0.5, 0.6) is 0 Å². The first-order valence-corrected chi connectivity index (χ1v) is 12.7. The van der Waals surface area contributed by atoms with E-state index in [9.17, 15) is 27.6 Å². The number of rotatable bonds is 9. The first kappa shape index (κ1) is 29.1. The number of alkyl halides is 3. The van der Waals surface area contributed by atoms with Gasteiger partial charge in [-0.3, -0.25) is 18.3 Å². The largest absolute Gasteiger partial charge is 0.471 e. The van der Waals surface area contributed by atoms with Gasteiger partial charge in [0.05, 0.1) is 16.3 Å². The fourth-order valence-corrected chi connectivity index (χ4v) is 5.10. The van der Waals surface area contributed by atoms with Crippen LogP contribution in [0.2, 0.25) is 0 Å². The minimum atomic E-state index is -5.14. The molecule has 1 heterocycles. The maximum Gasteiger partial charge on any atom is 0.471 e. The summed E-state index contributed by atoms with van der Waals surface area (Å²) in [5, 5.41) is 0. The van der Waals surface area contributed by atoms with E-state index in [-0.39, 0.29) is 12.0 Å². The van der Waals surface area contributed by atoms with Gasteiger partial charge < -0.3 is 16.4 Å². The number of amides is 2. The molecule has 38 heavy (non-hydrogen) atoms. The number of nitrogens with zero attached hydrogens (tertiary/aromatic N) is 2. The molecule has 7 nitrogen and oxygen atoms in total. The van der Waals surface area contributed by atoms with Crippen LogP contribution < -0.4 is 17.0 Å². The van der Waals surface area contributed by atoms with E-state index >= 15 is 0 Å². The minimum absolute atomic E-state index is 0.148. The number of hydrogen-bond acceptors (Lipinski definition) is 5. The first-order chi connectivity index (χ1) is 17.7. The second kappa shape index (κ2) is 11.5. The zero-order valence-electron chi connectivity index (χ0n) is 21.4. The van der Waals surface area contributed by atoms with Crippen molar-refractivity contribution < 1.29 is 22.8 Å². The highest BCUT2D eigenvalue weighted by Crippen LogP contribution is 2.29. The number of carbonyl (C=O) groups excluding carboxylic acids is 2. The van der Waals surface area contributed by atoms with E-state index in [0.29, 0.717) is 20.9 Å². The Bertz CT molecular complexity index is 1310. The third kappa shape index (κ3) is 7.32. The van der Waals surface area contributed by atoms with E-state index in [1.165, 1.54) is 17.6 Å². The van der Waals surface area contributed by atoms with Crippen LogP contribution in [0.15, 0.2) is 65.5 Å². The molecule has 0 aliphatic rings. The first-order valence-electron chi connectivity index (χ1n) is 12.0. The van der Waals surface area contributed by atoms with Gasteiger partial charge in [0.25, 0.3) is 5.56 Å². The van der Waals surface area contributed by atoms with Crippen molar-refractivity contribution in [1.29, 1.82) is 0 Å². The molecule has 204 valence electrons. The third-order valence-electron chi connectivity index (χ3n) is 5.92. The van der Waals surface area contributed by atoms with Gasteiger partial charge in [0, 0.05) is 25.2 Å². The number of benzene rings is 2. The van der Waals surface area contributed by atoms with E-state index in [0.717, 1.165) is 5.56 Å². The topological polar surface area (TPSA) is 111 Å². The van der Waals surface area contributed by atoms with Crippen LogP contribution in [-0.4, -0.2) is 46.0 Å². The van der Waals surface area contributed by atoms with Crippen molar-refractivity contribution in [2.45, 2.75) is 50.9 Å². The van der Waals surface area contributed by atoms with Gasteiger partial charge in [0.1, 0.15) is 0 Å². The molecule has 3 aromatic rings. The molecule has 0 aliphatic heterocycles. The summed E-state index contributed by atoms with van der Waals surface area (Å²) in [4.78, 5) is 38.2. The summed E-state index contributed by atoms with van der Waals surface area (Å²) in [6, 6.07) is 16.1. The highest BCUT2D eigenvalue weighted by molar-refractivity contribution is 7.10. The van der Waals surface area contributed by atoms with Crippen molar-refractivity contribution in [3.63, 3.8) is 0 Å². The van der Waals surface area contributed by atoms with Gasteiger partial charge in [0.15, 0.2) is 0 Å². The molecule has 4 N–H and O–H groups in total. The Balaban J connectivity index is 1.84. The molecule has 0 unspecified atom stereocenters. The lowest BCUT2D eigenvalue weighted by Gasteiger charge is -2.29. The van der Waals surface area contributed by atoms with Crippen LogP contribution in [0.25, 0.3) is 10.4 Å². The van der Waals surface area contributed by atoms with Gasteiger partial charge in [-0.2, -0.15) is 13.2 Å². The lowest BCUT2D eigenvalue weighted by Crippen LogP contribution is -2.50. The molecule has 2 aromatic carbocycles. The number of aromatic nitrogens is 1. The smallest absolute Gasteiger partial charge is 0.369 e. The summed E-state index contributed by atoms with van der Waals surface area (Å²) in [7, 11) is 0. The van der Waals surface area contributed by atoms with Crippen molar-refractivity contribution in [2.24, 2.45) is 11.5 Å². The van der Waals surface area contributed by atoms with Crippen LogP contribution >= 0.6 is 11.5 Å². The van der Waals surface area contributed by atoms with Crippen LogP contribution in [0.3, 0.4) is 0 Å². The molecular formula is C27H31F3N4O3S. The summed E-state index contributed by atoms with van der Waals surface area (Å²) in [6.07, 6.45) is -4.90. The van der Waals surface area contributed by atoms with Crippen LogP contribution in [0.1, 0.15) is 37.8 Å². The van der Waals surface area contributed by atoms with Crippen molar-refractivity contribution in [3.8, 4) is 10.4 Å². The second-order valence-electron chi connectivity index (χ2n) is 10.1. The number of halogens is 3.